The summed E-state index contributed by atoms with van der Waals surface area (Å²) in [7, 11) is 0. The van der Waals surface area contributed by atoms with Crippen LogP contribution in [0.3, 0.4) is 0 Å². The molecule has 0 radical (unpaired) electrons. The number of nitrogens with one attached hydrogen (secondary N) is 2. The highest BCUT2D eigenvalue weighted by atomic mass is 16.2. The van der Waals surface area contributed by atoms with Gasteiger partial charge in [-0.15, -0.1) is 0 Å². The third-order valence-electron chi connectivity index (χ3n) is 2.34. The maximum atomic E-state index is 11.7. The second-order valence-corrected chi connectivity index (χ2v) is 3.71. The Morgan fingerprint density at radius 1 is 1.21 bits per heavy atom. The van der Waals surface area contributed by atoms with Crippen LogP contribution in [0.5, 0.6) is 0 Å². The highest BCUT2D eigenvalue weighted by Gasteiger charge is 2.05. The number of anilines is 3. The molecule has 2 aromatic rings. The monoisotopic (exact) mass is 253 g/mol. The number of urea groups is 1. The largest absolute Gasteiger partial charge is 0.396 e. The van der Waals surface area contributed by atoms with Crippen LogP contribution in [0.2, 0.25) is 0 Å². The van der Waals surface area contributed by atoms with Crippen molar-refractivity contribution >= 4 is 23.2 Å². The van der Waals surface area contributed by atoms with E-state index in [-0.39, 0.29) is 0 Å². The van der Waals surface area contributed by atoms with Crippen molar-refractivity contribution in [3.8, 4) is 6.07 Å². The number of carbonyl (C=O) groups excluding carboxylic acids is 1. The minimum absolute atomic E-state index is 0.300. The Balaban J connectivity index is 2.01. The molecule has 0 saturated carbocycles. The quantitative estimate of drug-likeness (QED) is 0.762. The lowest BCUT2D eigenvalue weighted by atomic mass is 10.2. The standard InChI is InChI=1S/C13H11N5O/c14-8-9-3-5-10(6-4-9)17-13(19)18-12-11(15)2-1-7-16-12/h1-7H,15H2,(H2,16,17,18,19). The Labute approximate surface area is 109 Å². The predicted molar refractivity (Wildman–Crippen MR) is 72.4 cm³/mol. The summed E-state index contributed by atoms with van der Waals surface area (Å²) in [5.74, 6) is 0.300. The van der Waals surface area contributed by atoms with Crippen LogP contribution in [-0.4, -0.2) is 11.0 Å². The molecule has 0 fully saturated rings. The second-order valence-electron chi connectivity index (χ2n) is 3.71. The normalized spacial score (nSPS) is 9.42. The average Bonchev–Trinajstić information content (AvgIpc) is 2.42. The Morgan fingerprint density at radius 3 is 2.58 bits per heavy atom. The van der Waals surface area contributed by atoms with Gasteiger partial charge in [-0.25, -0.2) is 9.78 Å². The average molecular weight is 253 g/mol. The second kappa shape index (κ2) is 5.51. The molecule has 94 valence electrons. The van der Waals surface area contributed by atoms with Crippen molar-refractivity contribution in [2.45, 2.75) is 0 Å². The van der Waals surface area contributed by atoms with Crippen molar-refractivity contribution in [3.63, 3.8) is 0 Å². The van der Waals surface area contributed by atoms with Gasteiger partial charge in [-0.05, 0) is 36.4 Å². The number of hydrogen-bond donors (Lipinski definition) is 3. The zero-order valence-electron chi connectivity index (χ0n) is 9.92. The number of nitriles is 1. The molecule has 2 amide bonds. The molecule has 0 aliphatic carbocycles. The van der Waals surface area contributed by atoms with E-state index in [0.29, 0.717) is 22.8 Å². The fourth-order valence-electron chi connectivity index (χ4n) is 1.42. The summed E-state index contributed by atoms with van der Waals surface area (Å²) in [5.41, 5.74) is 7.15. The number of amides is 2. The number of nitrogen functional groups attached to an aromatic ring is 1. The number of benzene rings is 1. The van der Waals surface area contributed by atoms with E-state index in [9.17, 15) is 4.79 Å². The van der Waals surface area contributed by atoms with E-state index in [1.54, 1.807) is 36.4 Å². The van der Waals surface area contributed by atoms with Crippen molar-refractivity contribution in [2.24, 2.45) is 0 Å². The first-order valence-corrected chi connectivity index (χ1v) is 5.47. The molecule has 0 aliphatic heterocycles. The summed E-state index contributed by atoms with van der Waals surface area (Å²) >= 11 is 0. The van der Waals surface area contributed by atoms with Gasteiger partial charge in [-0.2, -0.15) is 5.26 Å². The molecule has 6 nitrogen and oxygen atoms in total. The summed E-state index contributed by atoms with van der Waals surface area (Å²) in [4.78, 5) is 15.7. The zero-order chi connectivity index (χ0) is 13.7. The van der Waals surface area contributed by atoms with Crippen LogP contribution in [0.4, 0.5) is 22.0 Å². The van der Waals surface area contributed by atoms with E-state index >= 15 is 0 Å². The lowest BCUT2D eigenvalue weighted by Gasteiger charge is -2.08. The minimum atomic E-state index is -0.449. The number of nitrogens with two attached hydrogens (primary N) is 1. The zero-order valence-corrected chi connectivity index (χ0v) is 9.92. The Bertz CT molecular complexity index is 630. The third kappa shape index (κ3) is 3.20. The van der Waals surface area contributed by atoms with E-state index in [1.165, 1.54) is 6.20 Å². The van der Waals surface area contributed by atoms with Crippen molar-refractivity contribution in [3.05, 3.63) is 48.2 Å². The van der Waals surface area contributed by atoms with Crippen LogP contribution in [0.1, 0.15) is 5.56 Å². The summed E-state index contributed by atoms with van der Waals surface area (Å²) < 4.78 is 0. The molecule has 0 unspecified atom stereocenters. The van der Waals surface area contributed by atoms with Crippen LogP contribution in [0.25, 0.3) is 0 Å². The lowest BCUT2D eigenvalue weighted by Crippen LogP contribution is -2.20. The fraction of sp³-hybridized carbons (Fsp3) is 0. The van der Waals surface area contributed by atoms with Crippen molar-refractivity contribution in [2.75, 3.05) is 16.4 Å². The summed E-state index contributed by atoms with van der Waals surface area (Å²) in [6.07, 6.45) is 1.54. The summed E-state index contributed by atoms with van der Waals surface area (Å²) in [5, 5.41) is 13.8. The maximum Gasteiger partial charge on any atom is 0.324 e. The van der Waals surface area contributed by atoms with Crippen molar-refractivity contribution in [1.29, 1.82) is 5.26 Å². The van der Waals surface area contributed by atoms with E-state index < -0.39 is 6.03 Å². The Morgan fingerprint density at radius 2 is 1.95 bits per heavy atom. The van der Waals surface area contributed by atoms with E-state index in [2.05, 4.69) is 15.6 Å². The molecule has 0 spiro atoms. The fourth-order valence-corrected chi connectivity index (χ4v) is 1.42. The first-order chi connectivity index (χ1) is 9.19. The van der Waals surface area contributed by atoms with Crippen LogP contribution >= 0.6 is 0 Å². The third-order valence-corrected chi connectivity index (χ3v) is 2.34. The highest BCUT2D eigenvalue weighted by Crippen LogP contribution is 2.14. The number of pyridine rings is 1. The topological polar surface area (TPSA) is 104 Å². The smallest absolute Gasteiger partial charge is 0.324 e. The van der Waals surface area contributed by atoms with Gasteiger partial charge in [0.25, 0.3) is 0 Å². The molecule has 1 heterocycles. The van der Waals surface area contributed by atoms with Crippen LogP contribution in [-0.2, 0) is 0 Å². The molecule has 1 aromatic carbocycles. The van der Waals surface area contributed by atoms with Gasteiger partial charge in [-0.3, -0.25) is 5.32 Å². The molecule has 0 bridgehead atoms. The Hall–Kier alpha value is -3.07. The van der Waals surface area contributed by atoms with E-state index in [4.69, 9.17) is 11.0 Å². The molecule has 4 N–H and O–H groups in total. The van der Waals surface area contributed by atoms with Crippen LogP contribution in [0.15, 0.2) is 42.6 Å². The molecule has 1 aromatic heterocycles. The summed E-state index contributed by atoms with van der Waals surface area (Å²) in [6, 6.07) is 11.4. The highest BCUT2D eigenvalue weighted by molar-refractivity contribution is 6.00. The van der Waals surface area contributed by atoms with Gasteiger partial charge in [-0.1, -0.05) is 0 Å². The van der Waals surface area contributed by atoms with Gasteiger partial charge >= 0.3 is 6.03 Å². The maximum absolute atomic E-state index is 11.7. The number of carbonyl (C=O) groups is 1. The molecule has 0 atom stereocenters. The van der Waals surface area contributed by atoms with Gasteiger partial charge in [0.05, 0.1) is 17.3 Å². The molecule has 0 aliphatic rings. The van der Waals surface area contributed by atoms with Gasteiger partial charge in [0.2, 0.25) is 0 Å². The minimum Gasteiger partial charge on any atom is -0.396 e. The Kier molecular flexibility index (Phi) is 3.59. The van der Waals surface area contributed by atoms with Crippen LogP contribution < -0.4 is 16.4 Å². The first-order valence-electron chi connectivity index (χ1n) is 5.47. The van der Waals surface area contributed by atoms with Gasteiger partial charge in [0, 0.05) is 11.9 Å². The SMILES string of the molecule is N#Cc1ccc(NC(=O)Nc2ncccc2N)cc1. The van der Waals surface area contributed by atoms with Gasteiger partial charge < -0.3 is 11.1 Å². The molecule has 19 heavy (non-hydrogen) atoms. The van der Waals surface area contributed by atoms with Crippen LogP contribution in [0, 0.1) is 11.3 Å². The molecule has 6 heteroatoms. The first kappa shape index (κ1) is 12.4. The number of hydrogen-bond acceptors (Lipinski definition) is 4. The van der Waals surface area contributed by atoms with Gasteiger partial charge in [0.1, 0.15) is 0 Å². The number of rotatable bonds is 2. The molecular weight excluding hydrogens is 242 g/mol. The predicted octanol–water partition coefficient (Wildman–Crippen LogP) is 2.18. The molecular formula is C13H11N5O. The number of aromatic nitrogens is 1. The van der Waals surface area contributed by atoms with E-state index in [1.807, 2.05) is 6.07 Å². The molecule has 2 rings (SSSR count). The van der Waals surface area contributed by atoms with Crippen molar-refractivity contribution in [1.82, 2.24) is 4.98 Å². The lowest BCUT2D eigenvalue weighted by molar-refractivity contribution is 0.262. The van der Waals surface area contributed by atoms with Gasteiger partial charge in [0.15, 0.2) is 5.82 Å². The summed E-state index contributed by atoms with van der Waals surface area (Å²) in [6.45, 7) is 0. The van der Waals surface area contributed by atoms with Crippen molar-refractivity contribution < 1.29 is 4.79 Å². The van der Waals surface area contributed by atoms with E-state index in [0.717, 1.165) is 0 Å². The molecule has 0 saturated heterocycles. The number of nitrogens with zero attached hydrogens (tertiary/aromatic N) is 2.